The second-order valence-corrected chi connectivity index (χ2v) is 3.45. The van der Waals surface area contributed by atoms with Crippen LogP contribution >= 0.6 is 0 Å². The SMILES string of the molecule is CC[C@H]1NC2CCC1C2. The summed E-state index contributed by atoms with van der Waals surface area (Å²) in [7, 11) is 0. The maximum atomic E-state index is 3.64. The van der Waals surface area contributed by atoms with Crippen LogP contribution in [0.2, 0.25) is 0 Å². The molecule has 0 aromatic rings. The van der Waals surface area contributed by atoms with Gasteiger partial charge in [-0.3, -0.25) is 0 Å². The van der Waals surface area contributed by atoms with Crippen molar-refractivity contribution >= 4 is 0 Å². The molecule has 0 spiro atoms. The van der Waals surface area contributed by atoms with Gasteiger partial charge in [0.1, 0.15) is 0 Å². The molecule has 2 rings (SSSR count). The van der Waals surface area contributed by atoms with Gasteiger partial charge in [-0.1, -0.05) is 6.92 Å². The highest BCUT2D eigenvalue weighted by Gasteiger charge is 2.37. The van der Waals surface area contributed by atoms with Gasteiger partial charge in [-0.2, -0.15) is 0 Å². The summed E-state index contributed by atoms with van der Waals surface area (Å²) < 4.78 is 0. The van der Waals surface area contributed by atoms with E-state index in [1.54, 1.807) is 0 Å². The van der Waals surface area contributed by atoms with Crippen LogP contribution in [-0.2, 0) is 0 Å². The number of hydrogen-bond acceptors (Lipinski definition) is 1. The summed E-state index contributed by atoms with van der Waals surface area (Å²) in [5.74, 6) is 1.04. The Hall–Kier alpha value is -0.0400. The molecule has 0 amide bonds. The van der Waals surface area contributed by atoms with Gasteiger partial charge in [0.05, 0.1) is 0 Å². The van der Waals surface area contributed by atoms with Crippen LogP contribution in [0.25, 0.3) is 0 Å². The summed E-state index contributed by atoms with van der Waals surface area (Å²) in [5, 5.41) is 3.64. The van der Waals surface area contributed by atoms with E-state index in [0.717, 1.165) is 18.0 Å². The molecule has 2 bridgehead atoms. The summed E-state index contributed by atoms with van der Waals surface area (Å²) in [6.45, 7) is 2.29. The van der Waals surface area contributed by atoms with Crippen molar-refractivity contribution in [3.8, 4) is 0 Å². The second-order valence-electron chi connectivity index (χ2n) is 3.45. The van der Waals surface area contributed by atoms with Crippen LogP contribution in [0.15, 0.2) is 0 Å². The minimum absolute atomic E-state index is 0.878. The summed E-state index contributed by atoms with van der Waals surface area (Å²) in [4.78, 5) is 0. The summed E-state index contributed by atoms with van der Waals surface area (Å²) in [6.07, 6.45) is 5.75. The molecule has 2 aliphatic rings. The Kier molecular flexibility index (Phi) is 1.26. The largest absolute Gasteiger partial charge is 0.311 e. The molecular formula is C8H15N. The third-order valence-corrected chi connectivity index (χ3v) is 2.93. The predicted molar refractivity (Wildman–Crippen MR) is 38.3 cm³/mol. The van der Waals surface area contributed by atoms with Crippen molar-refractivity contribution in [3.63, 3.8) is 0 Å². The fourth-order valence-electron chi connectivity index (χ4n) is 2.42. The minimum atomic E-state index is 0.878. The van der Waals surface area contributed by atoms with E-state index in [0.29, 0.717) is 0 Å². The van der Waals surface area contributed by atoms with E-state index < -0.39 is 0 Å². The van der Waals surface area contributed by atoms with E-state index in [2.05, 4.69) is 12.2 Å². The number of fused-ring (bicyclic) bond motifs is 2. The van der Waals surface area contributed by atoms with Gasteiger partial charge in [-0.25, -0.2) is 0 Å². The van der Waals surface area contributed by atoms with Crippen molar-refractivity contribution in [3.05, 3.63) is 0 Å². The maximum Gasteiger partial charge on any atom is 0.00958 e. The van der Waals surface area contributed by atoms with E-state index in [9.17, 15) is 0 Å². The third kappa shape index (κ3) is 0.787. The van der Waals surface area contributed by atoms with Crippen LogP contribution in [0.3, 0.4) is 0 Å². The molecule has 1 N–H and O–H groups in total. The molecule has 2 fully saturated rings. The lowest BCUT2D eigenvalue weighted by molar-refractivity contribution is 0.373. The molecule has 1 aliphatic heterocycles. The lowest BCUT2D eigenvalue weighted by Crippen LogP contribution is -2.34. The highest BCUT2D eigenvalue weighted by Crippen LogP contribution is 2.36. The van der Waals surface area contributed by atoms with Gasteiger partial charge in [0.25, 0.3) is 0 Å². The normalized spacial score (nSPS) is 48.3. The predicted octanol–water partition coefficient (Wildman–Crippen LogP) is 1.54. The first kappa shape index (κ1) is 5.72. The van der Waals surface area contributed by atoms with Gasteiger partial charge < -0.3 is 5.32 Å². The van der Waals surface area contributed by atoms with Crippen LogP contribution in [0, 0.1) is 5.92 Å². The van der Waals surface area contributed by atoms with E-state index in [4.69, 9.17) is 0 Å². The lowest BCUT2D eigenvalue weighted by Gasteiger charge is -2.20. The van der Waals surface area contributed by atoms with Crippen LogP contribution < -0.4 is 5.32 Å². The zero-order chi connectivity index (χ0) is 6.27. The fraction of sp³-hybridized carbons (Fsp3) is 1.00. The smallest absolute Gasteiger partial charge is 0.00958 e. The molecule has 3 atom stereocenters. The van der Waals surface area contributed by atoms with Crippen molar-refractivity contribution in [2.24, 2.45) is 5.92 Å². The molecule has 1 heterocycles. The molecule has 52 valence electrons. The monoisotopic (exact) mass is 125 g/mol. The van der Waals surface area contributed by atoms with Crippen LogP contribution in [-0.4, -0.2) is 12.1 Å². The molecule has 2 unspecified atom stereocenters. The first-order valence-corrected chi connectivity index (χ1v) is 4.16. The van der Waals surface area contributed by atoms with Gasteiger partial charge in [0, 0.05) is 12.1 Å². The van der Waals surface area contributed by atoms with E-state index >= 15 is 0 Å². The van der Waals surface area contributed by atoms with Crippen LogP contribution in [0.1, 0.15) is 32.6 Å². The van der Waals surface area contributed by atoms with Crippen molar-refractivity contribution in [2.45, 2.75) is 44.7 Å². The van der Waals surface area contributed by atoms with Gasteiger partial charge in [-0.05, 0) is 31.6 Å². The third-order valence-electron chi connectivity index (χ3n) is 2.93. The lowest BCUT2D eigenvalue weighted by atomic mass is 9.98. The Morgan fingerprint density at radius 1 is 1.44 bits per heavy atom. The summed E-state index contributed by atoms with van der Waals surface area (Å²) >= 11 is 0. The molecule has 1 aliphatic carbocycles. The van der Waals surface area contributed by atoms with Crippen LogP contribution in [0.4, 0.5) is 0 Å². The van der Waals surface area contributed by atoms with Crippen molar-refractivity contribution in [2.75, 3.05) is 0 Å². The van der Waals surface area contributed by atoms with E-state index in [-0.39, 0.29) is 0 Å². The Morgan fingerprint density at radius 2 is 2.33 bits per heavy atom. The maximum absolute atomic E-state index is 3.64. The minimum Gasteiger partial charge on any atom is -0.311 e. The summed E-state index contributed by atoms with van der Waals surface area (Å²) in [5.41, 5.74) is 0. The second kappa shape index (κ2) is 1.98. The van der Waals surface area contributed by atoms with E-state index in [1.165, 1.54) is 25.7 Å². The number of hydrogen-bond donors (Lipinski definition) is 1. The first-order chi connectivity index (χ1) is 4.40. The topological polar surface area (TPSA) is 12.0 Å². The Morgan fingerprint density at radius 3 is 2.67 bits per heavy atom. The molecule has 0 aromatic heterocycles. The highest BCUT2D eigenvalue weighted by molar-refractivity contribution is 4.95. The molecule has 0 radical (unpaired) electrons. The van der Waals surface area contributed by atoms with Gasteiger partial charge in [0.2, 0.25) is 0 Å². The zero-order valence-corrected chi connectivity index (χ0v) is 6.06. The molecule has 1 saturated heterocycles. The van der Waals surface area contributed by atoms with Crippen molar-refractivity contribution in [1.29, 1.82) is 0 Å². The van der Waals surface area contributed by atoms with Crippen LogP contribution in [0.5, 0.6) is 0 Å². The van der Waals surface area contributed by atoms with E-state index in [1.807, 2.05) is 0 Å². The quantitative estimate of drug-likeness (QED) is 0.560. The van der Waals surface area contributed by atoms with Crippen molar-refractivity contribution < 1.29 is 0 Å². The average molecular weight is 125 g/mol. The molecular weight excluding hydrogens is 110 g/mol. The fourth-order valence-corrected chi connectivity index (χ4v) is 2.42. The number of nitrogens with one attached hydrogen (secondary N) is 1. The molecule has 0 aromatic carbocycles. The molecule has 1 heteroatoms. The first-order valence-electron chi connectivity index (χ1n) is 4.16. The Labute approximate surface area is 56.8 Å². The Balaban J connectivity index is 2.01. The standard InChI is InChI=1S/C8H15N/c1-2-8-6-3-4-7(5-6)9-8/h6-9H,2-5H2,1H3/t6?,7?,8-/m1/s1. The molecule has 9 heavy (non-hydrogen) atoms. The summed E-state index contributed by atoms with van der Waals surface area (Å²) in [6, 6.07) is 1.78. The zero-order valence-electron chi connectivity index (χ0n) is 6.06. The highest BCUT2D eigenvalue weighted by atomic mass is 15.0. The number of piperidine rings is 1. The Bertz CT molecular complexity index is 111. The molecule has 1 nitrogen and oxygen atoms in total. The average Bonchev–Trinajstić information content (AvgIpc) is 2.45. The molecule has 1 saturated carbocycles. The van der Waals surface area contributed by atoms with Gasteiger partial charge in [0.15, 0.2) is 0 Å². The van der Waals surface area contributed by atoms with Gasteiger partial charge in [-0.15, -0.1) is 0 Å². The van der Waals surface area contributed by atoms with Gasteiger partial charge >= 0.3 is 0 Å². The number of rotatable bonds is 1. The van der Waals surface area contributed by atoms with Crippen molar-refractivity contribution in [1.82, 2.24) is 5.32 Å².